The maximum absolute atomic E-state index is 13.1. The minimum Gasteiger partial charge on any atom is -0.334 e. The summed E-state index contributed by atoms with van der Waals surface area (Å²) >= 11 is 0. The standard InChI is InChI=1S/C21H26N2O3S/c1-2-13-22(17-18-9-4-3-5-10-18)21(24)19-11-8-12-20(16-19)27(25,26)23-14-6-7-15-23/h3-5,8-12,16H,2,6-7,13-15,17H2,1H3. The van der Waals surface area contributed by atoms with Crippen LogP contribution >= 0.6 is 0 Å². The third kappa shape index (κ3) is 4.57. The van der Waals surface area contributed by atoms with Crippen molar-refractivity contribution in [1.82, 2.24) is 9.21 Å². The van der Waals surface area contributed by atoms with Gasteiger partial charge in [0, 0.05) is 31.7 Å². The predicted octanol–water partition coefficient (Wildman–Crippen LogP) is 3.52. The van der Waals surface area contributed by atoms with Crippen LogP contribution in [0.1, 0.15) is 42.1 Å². The number of hydrogen-bond donors (Lipinski definition) is 0. The van der Waals surface area contributed by atoms with Crippen molar-refractivity contribution in [3.8, 4) is 0 Å². The van der Waals surface area contributed by atoms with Gasteiger partial charge in [-0.3, -0.25) is 4.79 Å². The maximum atomic E-state index is 13.1. The largest absolute Gasteiger partial charge is 0.334 e. The Morgan fingerprint density at radius 2 is 1.74 bits per heavy atom. The van der Waals surface area contributed by atoms with Gasteiger partial charge in [-0.2, -0.15) is 4.31 Å². The molecule has 0 bridgehead atoms. The van der Waals surface area contributed by atoms with Crippen LogP contribution in [0.25, 0.3) is 0 Å². The molecule has 1 aliphatic heterocycles. The average molecular weight is 387 g/mol. The SMILES string of the molecule is CCCN(Cc1ccccc1)C(=O)c1cccc(S(=O)(=O)N2CCCC2)c1. The molecule has 27 heavy (non-hydrogen) atoms. The number of amides is 1. The molecule has 1 fully saturated rings. The summed E-state index contributed by atoms with van der Waals surface area (Å²) in [5.74, 6) is -0.140. The van der Waals surface area contributed by atoms with Crippen LogP contribution in [0.5, 0.6) is 0 Å². The number of nitrogens with zero attached hydrogens (tertiary/aromatic N) is 2. The fourth-order valence-electron chi connectivity index (χ4n) is 3.38. The fraction of sp³-hybridized carbons (Fsp3) is 0.381. The topological polar surface area (TPSA) is 57.7 Å². The quantitative estimate of drug-likeness (QED) is 0.731. The summed E-state index contributed by atoms with van der Waals surface area (Å²) in [6.45, 7) is 4.26. The van der Waals surface area contributed by atoms with E-state index in [9.17, 15) is 13.2 Å². The minimum absolute atomic E-state index is 0.140. The van der Waals surface area contributed by atoms with Crippen LogP contribution in [0.2, 0.25) is 0 Å². The molecule has 144 valence electrons. The highest BCUT2D eigenvalue weighted by molar-refractivity contribution is 7.89. The Balaban J connectivity index is 1.84. The average Bonchev–Trinajstić information content (AvgIpc) is 3.24. The summed E-state index contributed by atoms with van der Waals surface area (Å²) in [5, 5.41) is 0. The van der Waals surface area contributed by atoms with Crippen LogP contribution in [0, 0.1) is 0 Å². The molecule has 0 aliphatic carbocycles. The van der Waals surface area contributed by atoms with E-state index in [0.29, 0.717) is 31.7 Å². The number of carbonyl (C=O) groups excluding carboxylic acids is 1. The van der Waals surface area contributed by atoms with Crippen molar-refractivity contribution in [3.63, 3.8) is 0 Å². The van der Waals surface area contributed by atoms with Gasteiger partial charge in [-0.15, -0.1) is 0 Å². The van der Waals surface area contributed by atoms with Crippen LogP contribution in [0.3, 0.4) is 0 Å². The molecular weight excluding hydrogens is 360 g/mol. The Bertz CT molecular complexity index is 875. The lowest BCUT2D eigenvalue weighted by molar-refractivity contribution is 0.0743. The van der Waals surface area contributed by atoms with E-state index >= 15 is 0 Å². The lowest BCUT2D eigenvalue weighted by Crippen LogP contribution is -2.32. The Hall–Kier alpha value is -2.18. The highest BCUT2D eigenvalue weighted by Crippen LogP contribution is 2.22. The van der Waals surface area contributed by atoms with E-state index in [1.54, 1.807) is 23.1 Å². The third-order valence-electron chi connectivity index (χ3n) is 4.78. The summed E-state index contributed by atoms with van der Waals surface area (Å²) in [7, 11) is -3.53. The summed E-state index contributed by atoms with van der Waals surface area (Å²) in [6, 6.07) is 16.3. The molecule has 3 rings (SSSR count). The molecule has 1 aliphatic rings. The maximum Gasteiger partial charge on any atom is 0.254 e. The van der Waals surface area contributed by atoms with E-state index in [0.717, 1.165) is 24.8 Å². The lowest BCUT2D eigenvalue weighted by atomic mass is 10.1. The zero-order valence-electron chi connectivity index (χ0n) is 15.7. The molecule has 2 aromatic carbocycles. The second-order valence-corrected chi connectivity index (χ2v) is 8.79. The van der Waals surface area contributed by atoms with E-state index in [1.165, 1.54) is 10.4 Å². The van der Waals surface area contributed by atoms with Gasteiger partial charge in [0.05, 0.1) is 4.90 Å². The Kier molecular flexibility index (Phi) is 6.29. The van der Waals surface area contributed by atoms with E-state index in [1.807, 2.05) is 37.3 Å². The summed E-state index contributed by atoms with van der Waals surface area (Å²) in [4.78, 5) is 15.0. The van der Waals surface area contributed by atoms with Gasteiger partial charge in [-0.05, 0) is 43.0 Å². The Labute approximate surface area is 161 Å². The normalized spacial score (nSPS) is 15.0. The Morgan fingerprint density at radius 3 is 2.41 bits per heavy atom. The van der Waals surface area contributed by atoms with Crippen molar-refractivity contribution in [2.24, 2.45) is 0 Å². The van der Waals surface area contributed by atoms with Gasteiger partial charge in [-0.1, -0.05) is 43.3 Å². The van der Waals surface area contributed by atoms with Gasteiger partial charge in [0.25, 0.3) is 5.91 Å². The molecule has 0 atom stereocenters. The van der Waals surface area contributed by atoms with E-state index in [-0.39, 0.29) is 10.8 Å². The van der Waals surface area contributed by atoms with Crippen molar-refractivity contribution >= 4 is 15.9 Å². The molecule has 0 radical (unpaired) electrons. The van der Waals surface area contributed by atoms with E-state index in [2.05, 4.69) is 0 Å². The van der Waals surface area contributed by atoms with Crippen molar-refractivity contribution in [1.29, 1.82) is 0 Å². The fourth-order valence-corrected chi connectivity index (χ4v) is 4.94. The van der Waals surface area contributed by atoms with Gasteiger partial charge in [-0.25, -0.2) is 8.42 Å². The first-order valence-electron chi connectivity index (χ1n) is 9.46. The zero-order valence-corrected chi connectivity index (χ0v) is 16.5. The number of rotatable bonds is 7. The van der Waals surface area contributed by atoms with E-state index in [4.69, 9.17) is 0 Å². The first kappa shape index (κ1) is 19.6. The van der Waals surface area contributed by atoms with Gasteiger partial charge in [0.2, 0.25) is 10.0 Å². The second-order valence-electron chi connectivity index (χ2n) is 6.85. The number of hydrogen-bond acceptors (Lipinski definition) is 3. The first-order chi connectivity index (χ1) is 13.0. The number of carbonyl (C=O) groups is 1. The summed E-state index contributed by atoms with van der Waals surface area (Å²) in [5.41, 5.74) is 1.47. The van der Waals surface area contributed by atoms with Crippen LogP contribution < -0.4 is 0 Å². The van der Waals surface area contributed by atoms with E-state index < -0.39 is 10.0 Å². The molecule has 0 aromatic heterocycles. The minimum atomic E-state index is -3.53. The monoisotopic (exact) mass is 386 g/mol. The van der Waals surface area contributed by atoms with Crippen LogP contribution in [-0.4, -0.2) is 43.2 Å². The molecule has 0 unspecified atom stereocenters. The van der Waals surface area contributed by atoms with Crippen LogP contribution in [0.15, 0.2) is 59.5 Å². The zero-order chi connectivity index (χ0) is 19.3. The predicted molar refractivity (Wildman–Crippen MR) is 106 cm³/mol. The third-order valence-corrected chi connectivity index (χ3v) is 6.68. The summed E-state index contributed by atoms with van der Waals surface area (Å²) in [6.07, 6.45) is 2.61. The van der Waals surface area contributed by atoms with Crippen LogP contribution in [-0.2, 0) is 16.6 Å². The van der Waals surface area contributed by atoms with Crippen molar-refractivity contribution < 1.29 is 13.2 Å². The molecule has 2 aromatic rings. The number of benzene rings is 2. The molecule has 0 spiro atoms. The smallest absolute Gasteiger partial charge is 0.254 e. The molecule has 1 amide bonds. The molecule has 0 N–H and O–H groups in total. The number of sulfonamides is 1. The lowest BCUT2D eigenvalue weighted by Gasteiger charge is -2.23. The van der Waals surface area contributed by atoms with Crippen molar-refractivity contribution in [2.45, 2.75) is 37.6 Å². The van der Waals surface area contributed by atoms with Crippen molar-refractivity contribution in [3.05, 3.63) is 65.7 Å². The molecule has 6 heteroatoms. The van der Waals surface area contributed by atoms with Gasteiger partial charge in [0.15, 0.2) is 0 Å². The highest BCUT2D eigenvalue weighted by atomic mass is 32.2. The molecule has 1 heterocycles. The van der Waals surface area contributed by atoms with Gasteiger partial charge >= 0.3 is 0 Å². The molecular formula is C21H26N2O3S. The highest BCUT2D eigenvalue weighted by Gasteiger charge is 2.28. The molecule has 1 saturated heterocycles. The van der Waals surface area contributed by atoms with Crippen molar-refractivity contribution in [2.75, 3.05) is 19.6 Å². The van der Waals surface area contributed by atoms with Crippen LogP contribution in [0.4, 0.5) is 0 Å². The van der Waals surface area contributed by atoms with Gasteiger partial charge in [0.1, 0.15) is 0 Å². The molecule has 0 saturated carbocycles. The second kappa shape index (κ2) is 8.67. The summed E-state index contributed by atoms with van der Waals surface area (Å²) < 4.78 is 27.1. The molecule has 5 nitrogen and oxygen atoms in total. The first-order valence-corrected chi connectivity index (χ1v) is 10.9. The Morgan fingerprint density at radius 1 is 1.04 bits per heavy atom. The van der Waals surface area contributed by atoms with Gasteiger partial charge < -0.3 is 4.90 Å².